The van der Waals surface area contributed by atoms with Crippen LogP contribution in [-0.2, 0) is 9.59 Å². The van der Waals surface area contributed by atoms with Crippen LogP contribution >= 0.6 is 0 Å². The fourth-order valence-corrected chi connectivity index (χ4v) is 2.10. The summed E-state index contributed by atoms with van der Waals surface area (Å²) in [6.45, 7) is 0.414. The second kappa shape index (κ2) is 7.66. The summed E-state index contributed by atoms with van der Waals surface area (Å²) in [5.74, 6) is -1.59. The average Bonchev–Trinajstić information content (AvgIpc) is 2.51. The predicted octanol–water partition coefficient (Wildman–Crippen LogP) is 0.212. The fraction of sp³-hybridized carbons (Fsp3) is 0.312. The topological polar surface area (TPSA) is 94.6 Å². The number of rotatable bonds is 5. The van der Waals surface area contributed by atoms with Gasteiger partial charge in [-0.15, -0.1) is 0 Å². The molecule has 7 nitrogen and oxygen atoms in total. The minimum absolute atomic E-state index is 0.0143. The summed E-state index contributed by atoms with van der Waals surface area (Å²) in [4.78, 5) is 29.6. The number of carbonyl (C=O) groups excluding carboxylic acids is 2. The number of fused-ring (bicyclic) bond motifs is 1. The average molecular weight is 316 g/mol. The first-order valence-corrected chi connectivity index (χ1v) is 7.22. The van der Waals surface area contributed by atoms with Crippen LogP contribution in [0.2, 0.25) is 0 Å². The Kier molecular flexibility index (Phi) is 5.61. The van der Waals surface area contributed by atoms with Gasteiger partial charge < -0.3 is 20.6 Å². The van der Waals surface area contributed by atoms with Gasteiger partial charge in [-0.05, 0) is 26.2 Å². The SMILES string of the molecule is CN(C)C[C@@H](O)CNC(=O)C(=O)Nc1cnc2ccccc2c1. The maximum atomic E-state index is 11.8. The third-order valence-corrected chi connectivity index (χ3v) is 3.13. The molecule has 122 valence electrons. The number of aromatic nitrogens is 1. The standard InChI is InChI=1S/C16H20N4O3/c1-20(2)10-13(21)9-18-15(22)16(23)19-12-7-11-5-3-4-6-14(11)17-8-12/h3-8,13,21H,9-10H2,1-2H3,(H,18,22)(H,19,23)/t13-/m0/s1. The minimum Gasteiger partial charge on any atom is -0.390 e. The molecule has 1 aromatic heterocycles. The van der Waals surface area contributed by atoms with Gasteiger partial charge >= 0.3 is 11.8 Å². The first-order chi connectivity index (χ1) is 11.0. The maximum Gasteiger partial charge on any atom is 0.313 e. The lowest BCUT2D eigenvalue weighted by Crippen LogP contribution is -2.42. The van der Waals surface area contributed by atoms with Crippen LogP contribution in [0.25, 0.3) is 10.9 Å². The van der Waals surface area contributed by atoms with Gasteiger partial charge in [-0.3, -0.25) is 14.6 Å². The highest BCUT2D eigenvalue weighted by Crippen LogP contribution is 2.15. The van der Waals surface area contributed by atoms with E-state index in [2.05, 4.69) is 15.6 Å². The van der Waals surface area contributed by atoms with E-state index in [9.17, 15) is 14.7 Å². The van der Waals surface area contributed by atoms with Crippen molar-refractivity contribution in [1.82, 2.24) is 15.2 Å². The van der Waals surface area contributed by atoms with Crippen molar-refractivity contribution in [2.75, 3.05) is 32.5 Å². The Labute approximate surface area is 134 Å². The largest absolute Gasteiger partial charge is 0.390 e. The number of anilines is 1. The van der Waals surface area contributed by atoms with Crippen molar-refractivity contribution in [2.45, 2.75) is 6.10 Å². The molecule has 2 rings (SSSR count). The molecule has 2 aromatic rings. The number of nitrogens with zero attached hydrogens (tertiary/aromatic N) is 2. The zero-order valence-electron chi connectivity index (χ0n) is 13.1. The number of likely N-dealkylation sites (N-methyl/N-ethyl adjacent to an activating group) is 1. The number of aliphatic hydroxyl groups excluding tert-OH is 1. The number of para-hydroxylation sites is 1. The molecule has 23 heavy (non-hydrogen) atoms. The molecule has 7 heteroatoms. The van der Waals surface area contributed by atoms with Crippen molar-refractivity contribution < 1.29 is 14.7 Å². The number of benzene rings is 1. The van der Waals surface area contributed by atoms with E-state index in [0.717, 1.165) is 10.9 Å². The Balaban J connectivity index is 1.90. The van der Waals surface area contributed by atoms with E-state index in [-0.39, 0.29) is 6.54 Å². The normalized spacial score (nSPS) is 12.2. The number of hydrogen-bond acceptors (Lipinski definition) is 5. The van der Waals surface area contributed by atoms with Crippen molar-refractivity contribution in [1.29, 1.82) is 0 Å². The van der Waals surface area contributed by atoms with Crippen LogP contribution in [0.15, 0.2) is 36.5 Å². The summed E-state index contributed by atoms with van der Waals surface area (Å²) < 4.78 is 0. The molecular formula is C16H20N4O3. The Bertz CT molecular complexity index is 703. The second-order valence-corrected chi connectivity index (χ2v) is 5.50. The molecule has 0 aliphatic heterocycles. The van der Waals surface area contributed by atoms with Gasteiger partial charge in [0.1, 0.15) is 0 Å². The lowest BCUT2D eigenvalue weighted by atomic mass is 10.2. The Morgan fingerprint density at radius 2 is 2.00 bits per heavy atom. The van der Waals surface area contributed by atoms with Gasteiger partial charge in [0.2, 0.25) is 0 Å². The van der Waals surface area contributed by atoms with E-state index in [4.69, 9.17) is 0 Å². The Morgan fingerprint density at radius 1 is 1.26 bits per heavy atom. The summed E-state index contributed by atoms with van der Waals surface area (Å²) >= 11 is 0. The van der Waals surface area contributed by atoms with E-state index < -0.39 is 17.9 Å². The molecule has 1 aromatic carbocycles. The molecule has 3 N–H and O–H groups in total. The van der Waals surface area contributed by atoms with E-state index in [1.165, 1.54) is 6.20 Å². The lowest BCUT2D eigenvalue weighted by molar-refractivity contribution is -0.136. The summed E-state index contributed by atoms with van der Waals surface area (Å²) in [5.41, 5.74) is 1.25. The molecule has 1 heterocycles. The van der Waals surface area contributed by atoms with Crippen LogP contribution in [0.1, 0.15) is 0 Å². The van der Waals surface area contributed by atoms with Crippen molar-refractivity contribution in [3.05, 3.63) is 36.5 Å². The molecule has 0 aliphatic carbocycles. The summed E-state index contributed by atoms with van der Waals surface area (Å²) in [7, 11) is 3.62. The smallest absolute Gasteiger partial charge is 0.313 e. The zero-order valence-corrected chi connectivity index (χ0v) is 13.1. The van der Waals surface area contributed by atoms with Crippen molar-refractivity contribution in [2.24, 2.45) is 0 Å². The zero-order chi connectivity index (χ0) is 16.8. The van der Waals surface area contributed by atoms with Gasteiger partial charge in [0.15, 0.2) is 0 Å². The Hall–Kier alpha value is -2.51. The van der Waals surface area contributed by atoms with Crippen LogP contribution in [0.5, 0.6) is 0 Å². The highest BCUT2D eigenvalue weighted by molar-refractivity contribution is 6.39. The van der Waals surface area contributed by atoms with Crippen LogP contribution < -0.4 is 10.6 Å². The first-order valence-electron chi connectivity index (χ1n) is 7.22. The van der Waals surface area contributed by atoms with Gasteiger partial charge in [0, 0.05) is 18.5 Å². The van der Waals surface area contributed by atoms with E-state index in [1.54, 1.807) is 11.0 Å². The fourth-order valence-electron chi connectivity index (χ4n) is 2.10. The molecular weight excluding hydrogens is 296 g/mol. The van der Waals surface area contributed by atoms with Crippen LogP contribution in [0.4, 0.5) is 5.69 Å². The molecule has 0 aliphatic rings. The molecule has 0 bridgehead atoms. The number of pyridine rings is 1. The predicted molar refractivity (Wildman–Crippen MR) is 87.9 cm³/mol. The molecule has 0 spiro atoms. The number of carbonyl (C=O) groups is 2. The Morgan fingerprint density at radius 3 is 2.74 bits per heavy atom. The summed E-state index contributed by atoms with van der Waals surface area (Å²) in [6.07, 6.45) is 0.762. The summed E-state index contributed by atoms with van der Waals surface area (Å²) in [6, 6.07) is 9.22. The minimum atomic E-state index is -0.795. The third kappa shape index (κ3) is 5.01. The highest BCUT2D eigenvalue weighted by Gasteiger charge is 2.15. The van der Waals surface area contributed by atoms with Gasteiger partial charge in [-0.25, -0.2) is 0 Å². The quantitative estimate of drug-likeness (QED) is 0.686. The molecule has 0 fully saturated rings. The molecule has 0 unspecified atom stereocenters. The van der Waals surface area contributed by atoms with Gasteiger partial charge in [0.05, 0.1) is 23.5 Å². The van der Waals surface area contributed by atoms with Crippen LogP contribution in [0.3, 0.4) is 0 Å². The van der Waals surface area contributed by atoms with Crippen molar-refractivity contribution >= 4 is 28.4 Å². The van der Waals surface area contributed by atoms with Crippen LogP contribution in [0, 0.1) is 0 Å². The molecule has 0 radical (unpaired) electrons. The number of amides is 2. The number of hydrogen-bond donors (Lipinski definition) is 3. The van der Waals surface area contributed by atoms with Crippen molar-refractivity contribution in [3.8, 4) is 0 Å². The van der Waals surface area contributed by atoms with Gasteiger partial charge in [0.25, 0.3) is 0 Å². The van der Waals surface area contributed by atoms with E-state index in [1.807, 2.05) is 38.4 Å². The van der Waals surface area contributed by atoms with E-state index >= 15 is 0 Å². The van der Waals surface area contributed by atoms with Crippen molar-refractivity contribution in [3.63, 3.8) is 0 Å². The molecule has 1 atom stereocenters. The maximum absolute atomic E-state index is 11.8. The lowest BCUT2D eigenvalue weighted by Gasteiger charge is -2.16. The molecule has 0 saturated heterocycles. The first kappa shape index (κ1) is 16.9. The molecule has 0 saturated carbocycles. The van der Waals surface area contributed by atoms with E-state index in [0.29, 0.717) is 12.2 Å². The molecule has 2 amide bonds. The van der Waals surface area contributed by atoms with Crippen LogP contribution in [-0.4, -0.2) is 60.1 Å². The highest BCUT2D eigenvalue weighted by atomic mass is 16.3. The van der Waals surface area contributed by atoms with Gasteiger partial charge in [-0.2, -0.15) is 0 Å². The second-order valence-electron chi connectivity index (χ2n) is 5.50. The third-order valence-electron chi connectivity index (χ3n) is 3.13. The summed E-state index contributed by atoms with van der Waals surface area (Å²) in [5, 5.41) is 15.4. The number of nitrogens with one attached hydrogen (secondary N) is 2. The number of aliphatic hydroxyl groups is 1. The monoisotopic (exact) mass is 316 g/mol. The van der Waals surface area contributed by atoms with Gasteiger partial charge in [-0.1, -0.05) is 18.2 Å².